The number of hydrogen-bond acceptors (Lipinski definition) is 4. The summed E-state index contributed by atoms with van der Waals surface area (Å²) < 4.78 is 27.1. The van der Waals surface area contributed by atoms with Crippen LogP contribution in [0.3, 0.4) is 0 Å². The third kappa shape index (κ3) is 4.52. The third-order valence-electron chi connectivity index (χ3n) is 2.68. The number of rotatable bonds is 6. The van der Waals surface area contributed by atoms with Crippen LogP contribution in [-0.4, -0.2) is 25.5 Å². The maximum Gasteiger partial charge on any atom is 0.321 e. The van der Waals surface area contributed by atoms with Gasteiger partial charge in [-0.1, -0.05) is 19.9 Å². The number of nitriles is 1. The summed E-state index contributed by atoms with van der Waals surface area (Å²) in [5.74, 6) is -1.24. The molecule has 6 nitrogen and oxygen atoms in total. The van der Waals surface area contributed by atoms with E-state index < -0.39 is 22.0 Å². The largest absolute Gasteiger partial charge is 0.480 e. The van der Waals surface area contributed by atoms with E-state index in [2.05, 4.69) is 20.7 Å². The summed E-state index contributed by atoms with van der Waals surface area (Å²) in [6.45, 7) is 3.59. The second kappa shape index (κ2) is 7.02. The van der Waals surface area contributed by atoms with Crippen molar-refractivity contribution in [1.29, 1.82) is 5.26 Å². The Morgan fingerprint density at radius 2 is 2.10 bits per heavy atom. The zero-order chi connectivity index (χ0) is 16.2. The molecule has 8 heteroatoms. The van der Waals surface area contributed by atoms with E-state index in [-0.39, 0.29) is 22.8 Å². The van der Waals surface area contributed by atoms with Gasteiger partial charge in [-0.05, 0) is 40.4 Å². The molecule has 0 spiro atoms. The second-order valence-corrected chi connectivity index (χ2v) is 7.40. The number of carboxylic acids is 1. The van der Waals surface area contributed by atoms with Gasteiger partial charge < -0.3 is 5.11 Å². The van der Waals surface area contributed by atoms with Crippen molar-refractivity contribution in [2.75, 3.05) is 0 Å². The fourth-order valence-corrected chi connectivity index (χ4v) is 3.73. The molecule has 21 heavy (non-hydrogen) atoms. The number of sulfonamides is 1. The molecule has 0 aliphatic heterocycles. The summed E-state index contributed by atoms with van der Waals surface area (Å²) >= 11 is 3.10. The minimum Gasteiger partial charge on any atom is -0.480 e. The molecule has 0 aliphatic rings. The number of carboxylic acid groups (broad SMARTS) is 1. The number of aliphatic carboxylic acids is 1. The molecule has 2 N–H and O–H groups in total. The Kier molecular flexibility index (Phi) is 5.89. The van der Waals surface area contributed by atoms with Gasteiger partial charge in [0, 0.05) is 4.47 Å². The highest BCUT2D eigenvalue weighted by Crippen LogP contribution is 2.24. The van der Waals surface area contributed by atoms with Crippen molar-refractivity contribution in [2.45, 2.75) is 31.2 Å². The number of nitrogens with zero attached hydrogens (tertiary/aromatic N) is 1. The van der Waals surface area contributed by atoms with E-state index in [1.54, 1.807) is 26.0 Å². The number of halogens is 1. The molecule has 0 aliphatic carbocycles. The second-order valence-electron chi connectivity index (χ2n) is 4.87. The van der Waals surface area contributed by atoms with Crippen LogP contribution >= 0.6 is 15.9 Å². The topological polar surface area (TPSA) is 107 Å². The van der Waals surface area contributed by atoms with Crippen LogP contribution in [0.25, 0.3) is 0 Å². The molecule has 0 aromatic heterocycles. The van der Waals surface area contributed by atoms with Crippen LogP contribution in [0.4, 0.5) is 0 Å². The van der Waals surface area contributed by atoms with Crippen molar-refractivity contribution in [1.82, 2.24) is 4.72 Å². The lowest BCUT2D eigenvalue weighted by Gasteiger charge is -2.17. The lowest BCUT2D eigenvalue weighted by atomic mass is 10.1. The van der Waals surface area contributed by atoms with Gasteiger partial charge in [-0.15, -0.1) is 0 Å². The molecular formula is C13H15BrN2O4S. The summed E-state index contributed by atoms with van der Waals surface area (Å²) in [4.78, 5) is 10.9. The average Bonchev–Trinajstić information content (AvgIpc) is 2.36. The van der Waals surface area contributed by atoms with Crippen LogP contribution < -0.4 is 4.72 Å². The molecule has 0 saturated carbocycles. The first-order valence-corrected chi connectivity index (χ1v) is 8.40. The standard InChI is InChI=1S/C13H15BrN2O4S/c1-8(2)6-11(13(17)18)16-21(19,20)12-5-3-4-10(14)9(12)7-15/h3-5,8,11,16H,6H2,1-2H3,(H,17,18)/t11-/m0/s1. The van der Waals surface area contributed by atoms with E-state index in [0.29, 0.717) is 4.47 Å². The Bertz CT molecular complexity index is 680. The fourth-order valence-electron chi connectivity index (χ4n) is 1.76. The van der Waals surface area contributed by atoms with Gasteiger partial charge in [0.1, 0.15) is 17.0 Å². The molecule has 0 amide bonds. The number of carbonyl (C=O) groups is 1. The first-order valence-electron chi connectivity index (χ1n) is 6.12. The van der Waals surface area contributed by atoms with Crippen LogP contribution in [0.15, 0.2) is 27.6 Å². The van der Waals surface area contributed by atoms with Crippen molar-refractivity contribution >= 4 is 31.9 Å². The van der Waals surface area contributed by atoms with Crippen LogP contribution in [-0.2, 0) is 14.8 Å². The minimum atomic E-state index is -4.10. The normalized spacial score (nSPS) is 12.9. The van der Waals surface area contributed by atoms with Crippen molar-refractivity contribution in [3.8, 4) is 6.07 Å². The highest BCUT2D eigenvalue weighted by atomic mass is 79.9. The maximum absolute atomic E-state index is 12.3. The quantitative estimate of drug-likeness (QED) is 0.792. The zero-order valence-electron chi connectivity index (χ0n) is 11.5. The Balaban J connectivity index is 3.21. The highest BCUT2D eigenvalue weighted by Gasteiger charge is 2.28. The van der Waals surface area contributed by atoms with E-state index in [4.69, 9.17) is 10.4 Å². The molecule has 0 unspecified atom stereocenters. The first-order chi connectivity index (χ1) is 9.69. The molecule has 0 bridgehead atoms. The van der Waals surface area contributed by atoms with Gasteiger partial charge >= 0.3 is 5.97 Å². The van der Waals surface area contributed by atoms with Gasteiger partial charge in [0.25, 0.3) is 0 Å². The predicted molar refractivity (Wildman–Crippen MR) is 80.1 cm³/mol. The molecule has 0 heterocycles. The van der Waals surface area contributed by atoms with Gasteiger partial charge in [-0.3, -0.25) is 4.79 Å². The molecule has 1 atom stereocenters. The summed E-state index contributed by atoms with van der Waals surface area (Å²) in [6.07, 6.45) is 0.157. The van der Waals surface area contributed by atoms with E-state index in [9.17, 15) is 13.2 Å². The van der Waals surface area contributed by atoms with Crippen molar-refractivity contribution in [2.24, 2.45) is 5.92 Å². The van der Waals surface area contributed by atoms with Gasteiger partial charge in [0.2, 0.25) is 10.0 Å². The summed E-state index contributed by atoms with van der Waals surface area (Å²) in [5, 5.41) is 18.2. The maximum atomic E-state index is 12.3. The zero-order valence-corrected chi connectivity index (χ0v) is 13.9. The lowest BCUT2D eigenvalue weighted by molar-refractivity contribution is -0.139. The molecule has 0 radical (unpaired) electrons. The smallest absolute Gasteiger partial charge is 0.321 e. The molecule has 114 valence electrons. The Morgan fingerprint density at radius 3 is 2.57 bits per heavy atom. The molecular weight excluding hydrogens is 360 g/mol. The van der Waals surface area contributed by atoms with Crippen LogP contribution in [0, 0.1) is 17.2 Å². The summed E-state index contributed by atoms with van der Waals surface area (Å²) in [6, 6.07) is 4.84. The molecule has 0 saturated heterocycles. The van der Waals surface area contributed by atoms with Crippen molar-refractivity contribution < 1.29 is 18.3 Å². The Labute approximate surface area is 132 Å². The molecule has 0 fully saturated rings. The van der Waals surface area contributed by atoms with Gasteiger partial charge in [-0.2, -0.15) is 9.98 Å². The van der Waals surface area contributed by atoms with Gasteiger partial charge in [-0.25, -0.2) is 8.42 Å². The number of nitrogens with one attached hydrogen (secondary N) is 1. The van der Waals surface area contributed by atoms with E-state index in [1.165, 1.54) is 12.1 Å². The molecule has 1 aromatic carbocycles. The van der Waals surface area contributed by atoms with E-state index in [1.807, 2.05) is 0 Å². The van der Waals surface area contributed by atoms with Gasteiger partial charge in [0.05, 0.1) is 5.56 Å². The SMILES string of the molecule is CC(C)C[C@H](NS(=O)(=O)c1cccc(Br)c1C#N)C(=O)O. The highest BCUT2D eigenvalue weighted by molar-refractivity contribution is 9.10. The Hall–Kier alpha value is -1.43. The monoisotopic (exact) mass is 374 g/mol. The lowest BCUT2D eigenvalue weighted by Crippen LogP contribution is -2.41. The number of benzene rings is 1. The first kappa shape index (κ1) is 17.6. The fraction of sp³-hybridized carbons (Fsp3) is 0.385. The Morgan fingerprint density at radius 1 is 1.48 bits per heavy atom. The van der Waals surface area contributed by atoms with Crippen LogP contribution in [0.5, 0.6) is 0 Å². The third-order valence-corrected chi connectivity index (χ3v) is 4.85. The van der Waals surface area contributed by atoms with Crippen molar-refractivity contribution in [3.63, 3.8) is 0 Å². The number of hydrogen-bond donors (Lipinski definition) is 2. The van der Waals surface area contributed by atoms with E-state index in [0.717, 1.165) is 0 Å². The van der Waals surface area contributed by atoms with Crippen LogP contribution in [0.1, 0.15) is 25.8 Å². The average molecular weight is 375 g/mol. The summed E-state index contributed by atoms with van der Waals surface area (Å²) in [7, 11) is -4.10. The summed E-state index contributed by atoms with van der Waals surface area (Å²) in [5.41, 5.74) is -0.0568. The van der Waals surface area contributed by atoms with E-state index >= 15 is 0 Å². The van der Waals surface area contributed by atoms with Gasteiger partial charge in [0.15, 0.2) is 0 Å². The molecule has 1 aromatic rings. The minimum absolute atomic E-state index is 0.00625. The van der Waals surface area contributed by atoms with Crippen molar-refractivity contribution in [3.05, 3.63) is 28.2 Å². The predicted octanol–water partition coefficient (Wildman–Crippen LogP) is 2.10. The van der Waals surface area contributed by atoms with Crippen LogP contribution in [0.2, 0.25) is 0 Å². The molecule has 1 rings (SSSR count).